The molecule has 5 aliphatic rings. The molecule has 0 amide bonds. The van der Waals surface area contributed by atoms with E-state index in [1.54, 1.807) is 0 Å². The van der Waals surface area contributed by atoms with Gasteiger partial charge in [-0.25, -0.2) is 0 Å². The Labute approximate surface area is 380 Å². The molecular formula is C59H73BN2. The van der Waals surface area contributed by atoms with Crippen LogP contribution in [-0.2, 0) is 37.9 Å². The number of benzene rings is 5. The second-order valence-electron chi connectivity index (χ2n) is 25.5. The minimum Gasteiger partial charge on any atom is -0.311 e. The van der Waals surface area contributed by atoms with Crippen LogP contribution in [0, 0.1) is 20.7 Å². The Morgan fingerprint density at radius 2 is 1.02 bits per heavy atom. The molecule has 2 nitrogen and oxygen atoms in total. The summed E-state index contributed by atoms with van der Waals surface area (Å²) >= 11 is 0. The molecule has 2 aliphatic heterocycles. The second-order valence-corrected chi connectivity index (χ2v) is 25.5. The zero-order chi connectivity index (χ0) is 47.3. The maximum atomic E-state index is 9.17. The molecule has 0 bridgehead atoms. The number of aryl methyl sites for hydroxylation is 2. The lowest BCUT2D eigenvalue weighted by atomic mass is 9.33. The average molecular weight is 824 g/mol. The molecule has 0 saturated heterocycles. The highest BCUT2D eigenvalue weighted by atomic mass is 15.2. The number of hydrogen-bond acceptors (Lipinski definition) is 2. The highest BCUT2D eigenvalue weighted by Gasteiger charge is 2.50. The highest BCUT2D eigenvalue weighted by Crippen LogP contribution is 2.56. The fraction of sp³-hybridized carbons (Fsp3) is 0.492. The molecule has 0 saturated carbocycles. The lowest BCUT2D eigenvalue weighted by Gasteiger charge is -2.47. The van der Waals surface area contributed by atoms with Crippen molar-refractivity contribution in [3.8, 4) is 0 Å². The van der Waals surface area contributed by atoms with E-state index in [-0.39, 0.29) is 44.6 Å². The van der Waals surface area contributed by atoms with Gasteiger partial charge in [-0.1, -0.05) is 134 Å². The lowest BCUT2D eigenvalue weighted by molar-refractivity contribution is 0.330. The molecule has 2 heterocycles. The molecule has 3 heteroatoms. The minimum atomic E-state index is -2.34. The first-order chi connectivity index (χ1) is 29.8. The summed E-state index contributed by atoms with van der Waals surface area (Å²) in [5.74, 6) is 0. The fourth-order valence-corrected chi connectivity index (χ4v) is 14.1. The van der Waals surface area contributed by atoms with Crippen LogP contribution >= 0.6 is 0 Å². The number of anilines is 6. The van der Waals surface area contributed by atoms with E-state index in [1.165, 1.54) is 72.1 Å². The average Bonchev–Trinajstić information content (AvgIpc) is 3.47. The normalized spacial score (nSPS) is 22.1. The fourth-order valence-electron chi connectivity index (χ4n) is 14.1. The van der Waals surface area contributed by atoms with Gasteiger partial charge in [-0.15, -0.1) is 0 Å². The van der Waals surface area contributed by atoms with Crippen LogP contribution in [0.1, 0.15) is 189 Å². The van der Waals surface area contributed by atoms with Gasteiger partial charge in [-0.3, -0.25) is 0 Å². The molecule has 0 fully saturated rings. The van der Waals surface area contributed by atoms with Crippen molar-refractivity contribution in [1.29, 1.82) is 0 Å². The standard InChI is InChI=1S/C59H73BN2/c1-34-25-49-52-50(26-34)62(46-30-41-39(27-35(46)2)56(11,12)32-58(41,15)16)48-31-42-40(57(13,14)33-59(42,17)18)29-44(48)60(52)43-21-19-37(53(4,5)6)28-47(43)61(49)45-22-20-38-51(36(45)3)55(9,10)24-23-54(38,7)8/h19-22,25-31H,23-24,32-33H2,1-18H3/i1D3. The summed E-state index contributed by atoms with van der Waals surface area (Å²) < 4.78 is 27.5. The number of fused-ring (bicyclic) bond motifs is 7. The first kappa shape index (κ1) is 38.2. The minimum absolute atomic E-state index is 0.00748. The number of nitrogens with zero attached hydrogens (tertiary/aromatic N) is 2. The van der Waals surface area contributed by atoms with Crippen molar-refractivity contribution in [1.82, 2.24) is 0 Å². The SMILES string of the molecule is [2H]C([2H])([2H])c1cc2c3c(c1)N(c1ccc4c(c1C)C(C)(C)CCC4(C)C)c1cc(C(C)(C)C)ccc1B3c1cc3c(cc1N2c1cc2c(cc1C)C(C)(C)CC2(C)C)C(C)(C)CC3(C)C. The van der Waals surface area contributed by atoms with Gasteiger partial charge in [0.1, 0.15) is 0 Å². The smallest absolute Gasteiger partial charge is 0.252 e. The van der Waals surface area contributed by atoms with Gasteiger partial charge in [0.2, 0.25) is 0 Å². The summed E-state index contributed by atoms with van der Waals surface area (Å²) in [5, 5.41) is 0. The Hall–Kier alpha value is -4.24. The van der Waals surface area contributed by atoms with E-state index >= 15 is 0 Å². The molecule has 5 aromatic carbocycles. The van der Waals surface area contributed by atoms with Crippen LogP contribution < -0.4 is 26.2 Å². The van der Waals surface area contributed by atoms with Crippen molar-refractivity contribution in [2.45, 2.75) is 188 Å². The Morgan fingerprint density at radius 3 is 1.60 bits per heavy atom. The van der Waals surface area contributed by atoms with E-state index in [4.69, 9.17) is 0 Å². The third-order valence-corrected chi connectivity index (χ3v) is 16.8. The molecule has 0 atom stereocenters. The van der Waals surface area contributed by atoms with Crippen molar-refractivity contribution in [2.24, 2.45) is 0 Å². The van der Waals surface area contributed by atoms with Crippen LogP contribution in [0.4, 0.5) is 34.1 Å². The zero-order valence-corrected chi connectivity index (χ0v) is 41.2. The van der Waals surface area contributed by atoms with Crippen LogP contribution in [0.3, 0.4) is 0 Å². The third kappa shape index (κ3) is 5.74. The van der Waals surface area contributed by atoms with E-state index in [0.29, 0.717) is 5.56 Å². The van der Waals surface area contributed by atoms with Crippen LogP contribution in [-0.4, -0.2) is 6.71 Å². The molecule has 0 N–H and O–H groups in total. The molecule has 62 heavy (non-hydrogen) atoms. The Bertz CT molecular complexity index is 2900. The van der Waals surface area contributed by atoms with Gasteiger partial charge < -0.3 is 9.80 Å². The molecule has 0 aromatic heterocycles. The van der Waals surface area contributed by atoms with E-state index in [1.807, 2.05) is 12.1 Å². The summed E-state index contributed by atoms with van der Waals surface area (Å²) in [6, 6.07) is 26.1. The molecular weight excluding hydrogens is 747 g/mol. The third-order valence-electron chi connectivity index (χ3n) is 16.8. The van der Waals surface area contributed by atoms with Crippen LogP contribution in [0.15, 0.2) is 66.7 Å². The highest BCUT2D eigenvalue weighted by molar-refractivity contribution is 7.00. The molecule has 10 rings (SSSR count). The van der Waals surface area contributed by atoms with Crippen LogP contribution in [0.2, 0.25) is 0 Å². The Morgan fingerprint density at radius 1 is 0.500 bits per heavy atom. The van der Waals surface area contributed by atoms with Gasteiger partial charge in [0.25, 0.3) is 6.71 Å². The quantitative estimate of drug-likeness (QED) is 0.160. The first-order valence-electron chi connectivity index (χ1n) is 25.2. The molecule has 0 spiro atoms. The maximum Gasteiger partial charge on any atom is 0.252 e. The van der Waals surface area contributed by atoms with Crippen molar-refractivity contribution in [2.75, 3.05) is 9.80 Å². The monoisotopic (exact) mass is 824 g/mol. The van der Waals surface area contributed by atoms with E-state index < -0.39 is 6.85 Å². The topological polar surface area (TPSA) is 6.48 Å². The van der Waals surface area contributed by atoms with Crippen molar-refractivity contribution >= 4 is 57.2 Å². The summed E-state index contributed by atoms with van der Waals surface area (Å²) in [7, 11) is 0. The summed E-state index contributed by atoms with van der Waals surface area (Å²) in [4.78, 5) is 5.00. The summed E-state index contributed by atoms with van der Waals surface area (Å²) in [6.45, 7) is 38.0. The first-order valence-corrected chi connectivity index (χ1v) is 23.7. The Balaban J connectivity index is 1.37. The summed E-state index contributed by atoms with van der Waals surface area (Å²) in [6.07, 6.45) is 4.40. The van der Waals surface area contributed by atoms with E-state index in [0.717, 1.165) is 54.1 Å². The molecule has 5 aromatic rings. The van der Waals surface area contributed by atoms with Gasteiger partial charge in [0.15, 0.2) is 0 Å². The predicted octanol–water partition coefficient (Wildman–Crippen LogP) is 14.3. The summed E-state index contributed by atoms with van der Waals surface area (Å²) in [5.41, 5.74) is 22.9. The van der Waals surface area contributed by atoms with Crippen LogP contribution in [0.25, 0.3) is 0 Å². The molecule has 0 radical (unpaired) electrons. The van der Waals surface area contributed by atoms with Crippen molar-refractivity contribution < 1.29 is 4.11 Å². The predicted molar refractivity (Wildman–Crippen MR) is 270 cm³/mol. The molecule has 322 valence electrons. The number of hydrogen-bond donors (Lipinski definition) is 0. The second kappa shape index (κ2) is 12.5. The van der Waals surface area contributed by atoms with Gasteiger partial charge in [0, 0.05) is 38.2 Å². The van der Waals surface area contributed by atoms with Gasteiger partial charge in [-0.05, 0) is 193 Å². The largest absolute Gasteiger partial charge is 0.311 e. The van der Waals surface area contributed by atoms with Crippen molar-refractivity contribution in [3.05, 3.63) is 122 Å². The number of rotatable bonds is 2. The Kier molecular flexibility index (Phi) is 7.72. The van der Waals surface area contributed by atoms with Gasteiger partial charge in [-0.2, -0.15) is 0 Å². The van der Waals surface area contributed by atoms with Gasteiger partial charge in [0.05, 0.1) is 0 Å². The maximum absolute atomic E-state index is 9.17. The van der Waals surface area contributed by atoms with Crippen molar-refractivity contribution in [3.63, 3.8) is 0 Å². The lowest BCUT2D eigenvalue weighted by Crippen LogP contribution is -2.61. The van der Waals surface area contributed by atoms with E-state index in [9.17, 15) is 4.11 Å². The molecule has 0 unspecified atom stereocenters. The van der Waals surface area contributed by atoms with Crippen LogP contribution in [0.5, 0.6) is 0 Å². The molecule has 3 aliphatic carbocycles. The van der Waals surface area contributed by atoms with E-state index in [2.05, 4.69) is 182 Å². The van der Waals surface area contributed by atoms with Gasteiger partial charge >= 0.3 is 0 Å². The zero-order valence-electron chi connectivity index (χ0n) is 44.2.